The van der Waals surface area contributed by atoms with Gasteiger partial charge >= 0.3 is 7.60 Å². The second-order valence-corrected chi connectivity index (χ2v) is 6.48. The van der Waals surface area contributed by atoms with Crippen LogP contribution >= 0.6 is 7.60 Å². The lowest BCUT2D eigenvalue weighted by atomic mass is 9.94. The van der Waals surface area contributed by atoms with Gasteiger partial charge in [0.2, 0.25) is 0 Å². The van der Waals surface area contributed by atoms with E-state index in [4.69, 9.17) is 0 Å². The molecule has 0 saturated heterocycles. The van der Waals surface area contributed by atoms with E-state index in [0.717, 1.165) is 49.7 Å². The number of hydrogen-bond donors (Lipinski definition) is 2. The van der Waals surface area contributed by atoms with Crippen LogP contribution in [0.5, 0.6) is 0 Å². The van der Waals surface area contributed by atoms with Crippen LogP contribution in [0.25, 0.3) is 0 Å². The Kier molecular flexibility index (Phi) is 6.25. The van der Waals surface area contributed by atoms with E-state index in [1.165, 1.54) is 5.56 Å². The molecule has 2 N–H and O–H groups in total. The molecule has 0 fully saturated rings. The molecule has 1 rings (SSSR count). The highest BCUT2D eigenvalue weighted by atomic mass is 31.2. The largest absolute Gasteiger partial charge is 0.356 e. The van der Waals surface area contributed by atoms with E-state index < -0.39 is 7.60 Å². The zero-order chi connectivity index (χ0) is 14.5. The van der Waals surface area contributed by atoms with Crippen molar-refractivity contribution in [3.8, 4) is 0 Å². The molecule has 0 heterocycles. The predicted octanol–water partition coefficient (Wildman–Crippen LogP) is 3.35. The molecule has 4 heteroatoms. The van der Waals surface area contributed by atoms with Gasteiger partial charge in [-0.3, -0.25) is 4.57 Å². The van der Waals surface area contributed by atoms with Gasteiger partial charge in [0, 0.05) is 0 Å². The first kappa shape index (κ1) is 16.4. The molecule has 0 atom stereocenters. The molecule has 0 aliphatic heterocycles. The van der Waals surface area contributed by atoms with E-state index in [1.807, 2.05) is 6.07 Å². The predicted molar refractivity (Wildman–Crippen MR) is 80.1 cm³/mol. The monoisotopic (exact) mass is 284 g/mol. The van der Waals surface area contributed by atoms with Gasteiger partial charge < -0.3 is 9.79 Å². The summed E-state index contributed by atoms with van der Waals surface area (Å²) < 4.78 is 11.6. The summed E-state index contributed by atoms with van der Waals surface area (Å²) in [5, 5.41) is 0.234. The van der Waals surface area contributed by atoms with Gasteiger partial charge in [-0.15, -0.1) is 0 Å². The van der Waals surface area contributed by atoms with Crippen molar-refractivity contribution in [3.05, 3.63) is 28.8 Å². The molecule has 0 radical (unpaired) electrons. The van der Waals surface area contributed by atoms with E-state index in [1.54, 1.807) is 6.07 Å². The Labute approximate surface area is 116 Å². The quantitative estimate of drug-likeness (QED) is 0.596. The van der Waals surface area contributed by atoms with Crippen molar-refractivity contribution in [2.75, 3.05) is 0 Å². The van der Waals surface area contributed by atoms with Gasteiger partial charge in [0.25, 0.3) is 0 Å². The van der Waals surface area contributed by atoms with Gasteiger partial charge in [0.1, 0.15) is 0 Å². The molecular formula is C15H25O3P. The van der Waals surface area contributed by atoms with Crippen LogP contribution in [0.4, 0.5) is 0 Å². The van der Waals surface area contributed by atoms with E-state index in [2.05, 4.69) is 20.8 Å². The summed E-state index contributed by atoms with van der Waals surface area (Å²) in [6.07, 6.45) is 5.71. The maximum absolute atomic E-state index is 11.6. The molecule has 0 aliphatic carbocycles. The van der Waals surface area contributed by atoms with Crippen LogP contribution in [-0.2, 0) is 23.8 Å². The number of hydrogen-bond acceptors (Lipinski definition) is 1. The molecule has 19 heavy (non-hydrogen) atoms. The van der Waals surface area contributed by atoms with Gasteiger partial charge in [0.15, 0.2) is 0 Å². The minimum atomic E-state index is -4.17. The van der Waals surface area contributed by atoms with Crippen LogP contribution in [0, 0.1) is 0 Å². The standard InChI is InChI=1S/C15H25O3P/c1-4-7-8-9-14-13(6-3)12(5-2)10-11-15(14)19(16,17)18/h10-11H,4-9H2,1-3H3,(H2,16,17,18). The first-order valence-electron chi connectivity index (χ1n) is 7.15. The van der Waals surface area contributed by atoms with E-state index in [9.17, 15) is 14.4 Å². The Morgan fingerprint density at radius 3 is 2.16 bits per heavy atom. The third-order valence-corrected chi connectivity index (χ3v) is 4.63. The maximum Gasteiger partial charge on any atom is 0.356 e. The Balaban J connectivity index is 3.28. The molecule has 1 aromatic carbocycles. The zero-order valence-corrected chi connectivity index (χ0v) is 13.0. The average molecular weight is 284 g/mol. The summed E-state index contributed by atoms with van der Waals surface area (Å²) in [6, 6.07) is 3.50. The van der Waals surface area contributed by atoms with Crippen molar-refractivity contribution >= 4 is 12.9 Å². The second kappa shape index (κ2) is 7.23. The molecule has 0 bridgehead atoms. The summed E-state index contributed by atoms with van der Waals surface area (Å²) in [4.78, 5) is 19.0. The van der Waals surface area contributed by atoms with E-state index in [-0.39, 0.29) is 5.30 Å². The summed E-state index contributed by atoms with van der Waals surface area (Å²) >= 11 is 0. The van der Waals surface area contributed by atoms with Crippen molar-refractivity contribution < 1.29 is 14.4 Å². The van der Waals surface area contributed by atoms with Crippen LogP contribution in [0.3, 0.4) is 0 Å². The number of benzene rings is 1. The summed E-state index contributed by atoms with van der Waals surface area (Å²) in [5.74, 6) is 0. The van der Waals surface area contributed by atoms with Crippen LogP contribution in [-0.4, -0.2) is 9.79 Å². The minimum Gasteiger partial charge on any atom is -0.321 e. The maximum atomic E-state index is 11.6. The highest BCUT2D eigenvalue weighted by molar-refractivity contribution is 7.60. The highest BCUT2D eigenvalue weighted by Crippen LogP contribution is 2.37. The number of rotatable bonds is 7. The summed E-state index contributed by atoms with van der Waals surface area (Å²) in [5.41, 5.74) is 3.24. The smallest absolute Gasteiger partial charge is 0.321 e. The van der Waals surface area contributed by atoms with Crippen molar-refractivity contribution in [1.29, 1.82) is 0 Å². The minimum absolute atomic E-state index is 0.234. The summed E-state index contributed by atoms with van der Waals surface area (Å²) in [7, 11) is -4.17. The van der Waals surface area contributed by atoms with Crippen molar-refractivity contribution in [2.24, 2.45) is 0 Å². The molecule has 0 unspecified atom stereocenters. The Morgan fingerprint density at radius 1 is 1.00 bits per heavy atom. The van der Waals surface area contributed by atoms with Crippen LogP contribution in [0.15, 0.2) is 12.1 Å². The van der Waals surface area contributed by atoms with Gasteiger partial charge in [-0.1, -0.05) is 39.7 Å². The number of aryl methyl sites for hydroxylation is 1. The van der Waals surface area contributed by atoms with Gasteiger partial charge in [-0.05, 0) is 48.4 Å². The van der Waals surface area contributed by atoms with E-state index >= 15 is 0 Å². The fraction of sp³-hybridized carbons (Fsp3) is 0.600. The van der Waals surface area contributed by atoms with Crippen molar-refractivity contribution in [1.82, 2.24) is 0 Å². The van der Waals surface area contributed by atoms with Crippen molar-refractivity contribution in [2.45, 2.75) is 59.3 Å². The lowest BCUT2D eigenvalue weighted by molar-refractivity contribution is 0.387. The molecule has 0 aromatic heterocycles. The second-order valence-electron chi connectivity index (χ2n) is 4.91. The SMILES string of the molecule is CCCCCc1c(P(=O)(O)O)ccc(CC)c1CC. The van der Waals surface area contributed by atoms with Crippen LogP contribution < -0.4 is 5.30 Å². The van der Waals surface area contributed by atoms with Gasteiger partial charge in [-0.25, -0.2) is 0 Å². The summed E-state index contributed by atoms with van der Waals surface area (Å²) in [6.45, 7) is 6.27. The van der Waals surface area contributed by atoms with Crippen LogP contribution in [0.1, 0.15) is 56.7 Å². The molecular weight excluding hydrogens is 259 g/mol. The van der Waals surface area contributed by atoms with Crippen molar-refractivity contribution in [3.63, 3.8) is 0 Å². The molecule has 1 aromatic rings. The first-order chi connectivity index (χ1) is 8.95. The normalized spacial score (nSPS) is 11.8. The molecule has 0 saturated carbocycles. The highest BCUT2D eigenvalue weighted by Gasteiger charge is 2.23. The Morgan fingerprint density at radius 2 is 1.68 bits per heavy atom. The lowest BCUT2D eigenvalue weighted by Gasteiger charge is -2.18. The molecule has 108 valence electrons. The molecule has 3 nitrogen and oxygen atoms in total. The van der Waals surface area contributed by atoms with E-state index in [0.29, 0.717) is 0 Å². The fourth-order valence-electron chi connectivity index (χ4n) is 2.60. The Bertz CT molecular complexity index is 463. The van der Waals surface area contributed by atoms with Gasteiger partial charge in [0.05, 0.1) is 5.30 Å². The molecule has 0 spiro atoms. The molecule has 0 amide bonds. The fourth-order valence-corrected chi connectivity index (χ4v) is 3.47. The van der Waals surface area contributed by atoms with Gasteiger partial charge in [-0.2, -0.15) is 0 Å². The lowest BCUT2D eigenvalue weighted by Crippen LogP contribution is -2.16. The first-order valence-corrected chi connectivity index (χ1v) is 8.76. The number of unbranched alkanes of at least 4 members (excludes halogenated alkanes) is 2. The zero-order valence-electron chi connectivity index (χ0n) is 12.1. The average Bonchev–Trinajstić information content (AvgIpc) is 2.36. The third kappa shape index (κ3) is 4.17. The third-order valence-electron chi connectivity index (χ3n) is 3.58. The topological polar surface area (TPSA) is 57.5 Å². The molecule has 0 aliphatic rings. The van der Waals surface area contributed by atoms with Crippen LogP contribution in [0.2, 0.25) is 0 Å². The Hall–Kier alpha value is -0.630.